The van der Waals surface area contributed by atoms with Crippen molar-refractivity contribution in [3.8, 4) is 0 Å². The number of amides is 1. The second-order valence-corrected chi connectivity index (χ2v) is 5.73. The van der Waals surface area contributed by atoms with E-state index in [1.54, 1.807) is 0 Å². The third kappa shape index (κ3) is 2.47. The quantitative estimate of drug-likeness (QED) is 0.750. The van der Waals surface area contributed by atoms with Crippen LogP contribution < -0.4 is 5.32 Å². The van der Waals surface area contributed by atoms with Crippen LogP contribution in [-0.4, -0.2) is 61.0 Å². The maximum absolute atomic E-state index is 12.2. The lowest BCUT2D eigenvalue weighted by Gasteiger charge is -2.37. The lowest BCUT2D eigenvalue weighted by atomic mass is 10.0. The van der Waals surface area contributed by atoms with Crippen molar-refractivity contribution in [1.29, 1.82) is 0 Å². The summed E-state index contributed by atoms with van der Waals surface area (Å²) in [5, 5.41) is 3.34. The van der Waals surface area contributed by atoms with Crippen molar-refractivity contribution in [2.75, 3.05) is 39.3 Å². The van der Waals surface area contributed by atoms with Gasteiger partial charge in [0, 0.05) is 32.1 Å². The fourth-order valence-electron chi connectivity index (χ4n) is 3.48. The van der Waals surface area contributed by atoms with E-state index in [0.717, 1.165) is 39.1 Å². The first kappa shape index (κ1) is 11.5. The summed E-state index contributed by atoms with van der Waals surface area (Å²) in [5.74, 6) is 0.981. The zero-order valence-corrected chi connectivity index (χ0v) is 10.5. The van der Waals surface area contributed by atoms with Crippen LogP contribution in [0.25, 0.3) is 0 Å². The highest BCUT2D eigenvalue weighted by molar-refractivity contribution is 5.76. The third-order valence-electron chi connectivity index (χ3n) is 4.57. The fraction of sp³-hybridized carbons (Fsp3) is 0.923. The van der Waals surface area contributed by atoms with Crippen molar-refractivity contribution in [2.45, 2.75) is 31.7 Å². The van der Waals surface area contributed by atoms with E-state index in [1.807, 2.05) is 0 Å². The van der Waals surface area contributed by atoms with Gasteiger partial charge in [0.15, 0.2) is 0 Å². The van der Waals surface area contributed by atoms with Crippen molar-refractivity contribution in [2.24, 2.45) is 5.92 Å². The highest BCUT2D eigenvalue weighted by Crippen LogP contribution is 2.23. The highest BCUT2D eigenvalue weighted by Gasteiger charge is 2.33. The molecule has 0 spiro atoms. The van der Waals surface area contributed by atoms with Gasteiger partial charge in [-0.3, -0.25) is 9.69 Å². The van der Waals surface area contributed by atoms with Crippen LogP contribution in [-0.2, 0) is 4.79 Å². The summed E-state index contributed by atoms with van der Waals surface area (Å²) in [7, 11) is 0. The van der Waals surface area contributed by atoms with Crippen molar-refractivity contribution in [3.63, 3.8) is 0 Å². The predicted molar refractivity (Wildman–Crippen MR) is 66.8 cm³/mol. The summed E-state index contributed by atoms with van der Waals surface area (Å²) in [4.78, 5) is 16.9. The van der Waals surface area contributed by atoms with Crippen molar-refractivity contribution >= 4 is 5.91 Å². The minimum atomic E-state index is 0.394. The van der Waals surface area contributed by atoms with E-state index in [-0.39, 0.29) is 0 Å². The Morgan fingerprint density at radius 3 is 3.00 bits per heavy atom. The molecule has 1 amide bonds. The van der Waals surface area contributed by atoms with Gasteiger partial charge < -0.3 is 10.2 Å². The number of carbonyl (C=O) groups excluding carboxylic acids is 1. The largest absolute Gasteiger partial charge is 0.340 e. The van der Waals surface area contributed by atoms with E-state index in [9.17, 15) is 4.79 Å². The Morgan fingerprint density at radius 2 is 2.18 bits per heavy atom. The average molecular weight is 237 g/mol. The van der Waals surface area contributed by atoms with Crippen LogP contribution in [0.2, 0.25) is 0 Å². The molecule has 0 aliphatic carbocycles. The molecule has 0 aromatic heterocycles. The molecule has 1 N–H and O–H groups in total. The Balaban J connectivity index is 1.51. The highest BCUT2D eigenvalue weighted by atomic mass is 16.2. The number of piperazine rings is 1. The SMILES string of the molecule is O=C(CC1CCNC1)N1CCN2CCCC2C1. The second kappa shape index (κ2) is 4.94. The standard InChI is InChI=1S/C13H23N3O/c17-13(8-11-3-4-14-9-11)16-7-6-15-5-1-2-12(15)10-16/h11-12,14H,1-10H2. The predicted octanol–water partition coefficient (Wildman–Crippen LogP) is 0.293. The van der Waals surface area contributed by atoms with Crippen LogP contribution in [0.5, 0.6) is 0 Å². The van der Waals surface area contributed by atoms with Gasteiger partial charge in [-0.05, 0) is 44.8 Å². The van der Waals surface area contributed by atoms with Gasteiger partial charge >= 0.3 is 0 Å². The molecular formula is C13H23N3O. The number of fused-ring (bicyclic) bond motifs is 1. The smallest absolute Gasteiger partial charge is 0.222 e. The molecule has 0 aromatic carbocycles. The number of carbonyl (C=O) groups is 1. The second-order valence-electron chi connectivity index (χ2n) is 5.73. The van der Waals surface area contributed by atoms with Crippen molar-refractivity contribution < 1.29 is 4.79 Å². The molecule has 0 bridgehead atoms. The minimum Gasteiger partial charge on any atom is -0.340 e. The number of nitrogens with zero attached hydrogens (tertiary/aromatic N) is 2. The van der Waals surface area contributed by atoms with Gasteiger partial charge in [-0.15, -0.1) is 0 Å². The Kier molecular flexibility index (Phi) is 3.34. The van der Waals surface area contributed by atoms with Crippen LogP contribution in [0.4, 0.5) is 0 Å². The molecule has 3 fully saturated rings. The number of rotatable bonds is 2. The van der Waals surface area contributed by atoms with Crippen LogP contribution in [0.15, 0.2) is 0 Å². The molecule has 4 heteroatoms. The van der Waals surface area contributed by atoms with Crippen molar-refractivity contribution in [1.82, 2.24) is 15.1 Å². The Labute approximate surface area is 103 Å². The molecule has 0 aromatic rings. The molecule has 0 saturated carbocycles. The molecular weight excluding hydrogens is 214 g/mol. The molecule has 17 heavy (non-hydrogen) atoms. The third-order valence-corrected chi connectivity index (χ3v) is 4.57. The molecule has 96 valence electrons. The summed E-state index contributed by atoms with van der Waals surface area (Å²) >= 11 is 0. The van der Waals surface area contributed by atoms with E-state index in [0.29, 0.717) is 17.9 Å². The molecule has 3 heterocycles. The number of nitrogens with one attached hydrogen (secondary N) is 1. The summed E-state index contributed by atoms with van der Waals surface area (Å²) < 4.78 is 0. The molecule has 0 radical (unpaired) electrons. The molecule has 3 rings (SSSR count). The van der Waals surface area contributed by atoms with Gasteiger partial charge in [0.1, 0.15) is 0 Å². The topological polar surface area (TPSA) is 35.6 Å². The van der Waals surface area contributed by atoms with Gasteiger partial charge in [-0.2, -0.15) is 0 Å². The van der Waals surface area contributed by atoms with E-state index >= 15 is 0 Å². The number of hydrogen-bond donors (Lipinski definition) is 1. The van der Waals surface area contributed by atoms with E-state index < -0.39 is 0 Å². The van der Waals surface area contributed by atoms with Crippen LogP contribution in [0, 0.1) is 5.92 Å². The van der Waals surface area contributed by atoms with Crippen LogP contribution in [0.1, 0.15) is 25.7 Å². The van der Waals surface area contributed by atoms with Gasteiger partial charge in [0.25, 0.3) is 0 Å². The van der Waals surface area contributed by atoms with E-state index in [1.165, 1.54) is 25.8 Å². The first-order valence-electron chi connectivity index (χ1n) is 7.05. The van der Waals surface area contributed by atoms with Gasteiger partial charge in [0.05, 0.1) is 0 Å². The average Bonchev–Trinajstić information content (AvgIpc) is 2.97. The Morgan fingerprint density at radius 1 is 1.24 bits per heavy atom. The monoisotopic (exact) mass is 237 g/mol. The summed E-state index contributed by atoms with van der Waals surface area (Å²) in [5.41, 5.74) is 0. The Hall–Kier alpha value is -0.610. The summed E-state index contributed by atoms with van der Waals surface area (Å²) in [6.07, 6.45) is 4.54. The lowest BCUT2D eigenvalue weighted by molar-refractivity contribution is -0.134. The molecule has 3 aliphatic heterocycles. The zero-order valence-electron chi connectivity index (χ0n) is 10.5. The van der Waals surface area contributed by atoms with Gasteiger partial charge in [-0.1, -0.05) is 0 Å². The van der Waals surface area contributed by atoms with Crippen LogP contribution >= 0.6 is 0 Å². The molecule has 2 atom stereocenters. The van der Waals surface area contributed by atoms with Gasteiger partial charge in [0.2, 0.25) is 5.91 Å². The maximum atomic E-state index is 12.2. The first-order valence-corrected chi connectivity index (χ1v) is 7.05. The minimum absolute atomic E-state index is 0.394. The van der Waals surface area contributed by atoms with Gasteiger partial charge in [-0.25, -0.2) is 0 Å². The summed E-state index contributed by atoms with van der Waals surface area (Å²) in [6, 6.07) is 0.661. The van der Waals surface area contributed by atoms with E-state index in [2.05, 4.69) is 15.1 Å². The number of hydrogen-bond acceptors (Lipinski definition) is 3. The Bertz CT molecular complexity index is 288. The molecule has 2 unspecified atom stereocenters. The van der Waals surface area contributed by atoms with E-state index in [4.69, 9.17) is 0 Å². The normalized spacial score (nSPS) is 34.0. The molecule has 4 nitrogen and oxygen atoms in total. The van der Waals surface area contributed by atoms with Crippen LogP contribution in [0.3, 0.4) is 0 Å². The fourth-order valence-corrected chi connectivity index (χ4v) is 3.48. The zero-order chi connectivity index (χ0) is 11.7. The summed E-state index contributed by atoms with van der Waals surface area (Å²) in [6.45, 7) is 6.41. The first-order chi connectivity index (χ1) is 8.33. The maximum Gasteiger partial charge on any atom is 0.222 e. The van der Waals surface area contributed by atoms with Crippen molar-refractivity contribution in [3.05, 3.63) is 0 Å². The molecule has 3 saturated heterocycles. The molecule has 3 aliphatic rings. The lowest BCUT2D eigenvalue weighted by Crippen LogP contribution is -2.52.